The molecule has 540 valence electrons. The number of aromatic nitrogens is 8. The third kappa shape index (κ3) is 20.4. The van der Waals surface area contributed by atoms with Gasteiger partial charge >= 0.3 is 0 Å². The molecule has 0 bridgehead atoms. The molecule has 4 saturated heterocycles. The molecule has 0 saturated carbocycles. The summed E-state index contributed by atoms with van der Waals surface area (Å²) in [6.45, 7) is -8.80. The summed E-state index contributed by atoms with van der Waals surface area (Å²) in [5.74, 6) is -4.75. The first-order chi connectivity index (χ1) is 62.8. The van der Waals surface area contributed by atoms with Crippen molar-refractivity contribution < 1.29 is 60.2 Å². The molecule has 12 heterocycles. The Labute approximate surface area is 688 Å². The summed E-state index contributed by atoms with van der Waals surface area (Å²) in [4.78, 5) is 38.7. The molecule has 3 unspecified atom stereocenters. The molecule has 4 aliphatic rings. The molecule has 3 atom stereocenters. The molecule has 12 aromatic rings. The normalized spacial score (nSPS) is 24.6. The summed E-state index contributed by atoms with van der Waals surface area (Å²) < 4.78 is 317. The summed E-state index contributed by atoms with van der Waals surface area (Å²) in [7, 11) is 0. The lowest BCUT2D eigenvalue weighted by Crippen LogP contribution is -2.39. The summed E-state index contributed by atoms with van der Waals surface area (Å²) in [6, 6.07) is -2.79. The van der Waals surface area contributed by atoms with Gasteiger partial charge in [-0.3, -0.25) is 19.6 Å². The van der Waals surface area contributed by atoms with Crippen LogP contribution in [0.2, 0.25) is 33.0 Å². The second-order valence-corrected chi connectivity index (χ2v) is 29.2. The second kappa shape index (κ2) is 35.6. The monoisotopic (exact) mass is 1630 g/mol. The fourth-order valence-corrected chi connectivity index (χ4v) is 14.4. The van der Waals surface area contributed by atoms with E-state index in [-0.39, 0.29) is 182 Å². The number of halogens is 10. The minimum Gasteiger partial charge on any atom is -0.367 e. The zero-order chi connectivity index (χ0) is 99.7. The minimum absolute atomic E-state index is 0.000490. The molecule has 4 fully saturated rings. The fraction of sp³-hybridized carbons (Fsp3) is 0.329. The van der Waals surface area contributed by atoms with Gasteiger partial charge in [-0.05, 0) is 153 Å². The number of rotatable bonds is 16. The van der Waals surface area contributed by atoms with E-state index in [1.807, 2.05) is 6.07 Å². The van der Waals surface area contributed by atoms with Crippen LogP contribution in [0, 0.1) is 34.6 Å². The zero-order valence-corrected chi connectivity index (χ0v) is 60.9. The van der Waals surface area contributed by atoms with Crippen LogP contribution in [0.1, 0.15) is 116 Å². The number of piperidine rings is 4. The highest BCUT2D eigenvalue weighted by atomic mass is 35.5. The van der Waals surface area contributed by atoms with Crippen LogP contribution < -0.4 is 21.2 Å². The highest BCUT2D eigenvalue weighted by Crippen LogP contribution is 2.37. The SMILES string of the molecule is [2H]c1c(Cl)sc2ncnc(N([2H])C3([2H])C([2H])([2H])CN(C([2H])c4ccc(F)c(F)c4)CC3([2H])[2H])c12.[2H]c1c(Cl)sc2ncnc(N([2H])C3([2H])CCN(C([2H])([2H])c4cc(C#N)ccc4F)CC3)c12.[2H]c1c(F)c([2H])c(C([2H])N2CCC([2H])(N([2H])c3ncnc4sc(Cl)c([2H])c34)CC2)c([2H])c1Cl.[2H]c1cc([2H])c(C([2H])N2CC([2H])([2H])C([2H])(N([2H])c3ncnc4sc(Cl)c([2H])c34)C([2H])([2H])C2)c([2H])c1Cl. The van der Waals surface area contributed by atoms with E-state index in [4.69, 9.17) is 118 Å². The fourth-order valence-electron chi connectivity index (χ4n) is 10.1. The van der Waals surface area contributed by atoms with Crippen molar-refractivity contribution in [3.63, 3.8) is 0 Å². The third-order valence-electron chi connectivity index (χ3n) is 14.9. The van der Waals surface area contributed by atoms with Crippen molar-refractivity contribution in [3.05, 3.63) is 207 Å². The molecule has 4 aromatic carbocycles. The topological polar surface area (TPSA) is 188 Å². The number of nitrogens with zero attached hydrogens (tertiary/aromatic N) is 13. The van der Waals surface area contributed by atoms with Gasteiger partial charge in [-0.1, -0.05) is 87.8 Å². The quantitative estimate of drug-likeness (QED) is 0.0668. The average molecular weight is 1630 g/mol. The number of nitriles is 1. The summed E-state index contributed by atoms with van der Waals surface area (Å²) in [6.07, 6.45) is -6.11. The largest absolute Gasteiger partial charge is 0.367 e. The lowest BCUT2D eigenvalue weighted by atomic mass is 10.0. The Morgan fingerprint density at radius 2 is 0.885 bits per heavy atom. The summed E-state index contributed by atoms with van der Waals surface area (Å²) >= 11 is 40.0. The van der Waals surface area contributed by atoms with E-state index >= 15 is 0 Å². The van der Waals surface area contributed by atoms with Crippen molar-refractivity contribution in [3.8, 4) is 6.07 Å². The zero-order valence-electron chi connectivity index (χ0n) is 84.1. The number of nitrogens with one attached hydrogen (secondary N) is 4. The number of anilines is 4. The number of hydrogen-bond donors (Lipinski definition) is 4. The predicted molar refractivity (Wildman–Crippen MR) is 418 cm³/mol. The first-order valence-electron chi connectivity index (χ1n) is 46.2. The van der Waals surface area contributed by atoms with Crippen LogP contribution in [-0.4, -0.2) is 136 Å². The Morgan fingerprint density at radius 1 is 0.471 bits per heavy atom. The van der Waals surface area contributed by atoms with E-state index in [1.54, 1.807) is 4.90 Å². The van der Waals surface area contributed by atoms with Gasteiger partial charge in [0.05, 0.1) is 69.7 Å². The molecule has 8 aromatic heterocycles. The minimum atomic E-state index is -2.89. The van der Waals surface area contributed by atoms with E-state index in [0.717, 1.165) is 109 Å². The van der Waals surface area contributed by atoms with Crippen LogP contribution in [0.25, 0.3) is 40.9 Å². The molecular formula is C73H69Cl6F4N17S4. The lowest BCUT2D eigenvalue weighted by Gasteiger charge is -2.32. The van der Waals surface area contributed by atoms with Crippen LogP contribution in [0.15, 0.2) is 128 Å². The van der Waals surface area contributed by atoms with E-state index in [9.17, 15) is 17.6 Å². The maximum Gasteiger partial charge on any atom is 0.162 e. The van der Waals surface area contributed by atoms with Crippen molar-refractivity contribution in [2.24, 2.45) is 0 Å². The third-order valence-corrected chi connectivity index (χ3v) is 19.8. The highest BCUT2D eigenvalue weighted by Gasteiger charge is 2.26. The van der Waals surface area contributed by atoms with Gasteiger partial charge in [-0.2, -0.15) is 5.26 Å². The average Bonchev–Trinajstić information content (AvgIpc) is 1.61. The molecule has 104 heavy (non-hydrogen) atoms. The van der Waals surface area contributed by atoms with Gasteiger partial charge in [0.15, 0.2) is 17.3 Å². The second-order valence-electron chi connectivity index (χ2n) is 22.0. The number of hydrogen-bond acceptors (Lipinski definition) is 21. The molecule has 4 N–H and O–H groups in total. The molecular weight excluding hydrogens is 1530 g/mol. The molecule has 0 amide bonds. The maximum atomic E-state index is 14.4. The Balaban J connectivity index is 0.000000153. The van der Waals surface area contributed by atoms with Crippen LogP contribution >= 0.6 is 115 Å². The van der Waals surface area contributed by atoms with Crippen LogP contribution in [-0.2, 0) is 26.1 Å². The van der Waals surface area contributed by atoms with E-state index < -0.39 is 154 Å². The van der Waals surface area contributed by atoms with E-state index in [2.05, 4.69) is 39.9 Å². The van der Waals surface area contributed by atoms with Crippen LogP contribution in [0.3, 0.4) is 0 Å². The Hall–Kier alpha value is -6.97. The van der Waals surface area contributed by atoms with Gasteiger partial charge in [0.25, 0.3) is 0 Å². The molecule has 17 nitrogen and oxygen atoms in total. The molecule has 16 rings (SSSR count). The summed E-state index contributed by atoms with van der Waals surface area (Å²) in [5.41, 5.74) is -0.566. The van der Waals surface area contributed by atoms with Crippen molar-refractivity contribution in [2.75, 3.05) is 73.6 Å². The number of benzene rings is 4. The van der Waals surface area contributed by atoms with E-state index in [1.165, 1.54) is 29.7 Å². The number of fused-ring (bicyclic) bond motifs is 4. The van der Waals surface area contributed by atoms with Gasteiger partial charge < -0.3 is 21.2 Å². The van der Waals surface area contributed by atoms with E-state index in [0.29, 0.717) is 31.1 Å². The smallest absolute Gasteiger partial charge is 0.162 e. The van der Waals surface area contributed by atoms with Gasteiger partial charge in [-0.15, -0.1) is 45.3 Å². The molecule has 0 radical (unpaired) electrons. The Bertz CT molecular complexity index is 6570. The van der Waals surface area contributed by atoms with Crippen molar-refractivity contribution in [1.29, 1.82) is 5.26 Å². The van der Waals surface area contributed by atoms with Gasteiger partial charge in [0.1, 0.15) is 79.5 Å². The maximum absolute atomic E-state index is 14.4. The summed E-state index contributed by atoms with van der Waals surface area (Å²) in [5, 5.41) is 11.4. The number of thiophene rings is 4. The Kier molecular flexibility index (Phi) is 15.6. The number of likely N-dealkylation sites (tertiary alicyclic amines) is 4. The predicted octanol–water partition coefficient (Wildman–Crippen LogP) is 19.4. The standard InChI is InChI=1S/C19H17ClFN5S.C18H17Cl2FN4S.C18H18Cl2N4S.C18H17ClF2N4S/c20-17-8-15-18(23-11-24-19(15)27-17)25-14-3-5-26(6-4-14)10-13-7-12(9-22)1-2-16(13)21;19-12-5-11(6-13(21)7-12)9-25-3-1-14(2-4-25)24-17-15-8-16(20)26-18(15)23-10-22-17;19-13-3-1-2-12(8-13)10-24-6-4-14(5-7-24)23-17-15-9-16(20)25-18(15)22-11-21-17;19-16-8-13-17(22-10-23-18(13)26-16)24-12-3-5-25(6-4-12)9-11-1-2-14(20)15(21)7-11/h1-2,7-8,11,14H,3-6,10H2,(H,23,24,25);5-8,10,14H,1-4,9H2,(H,22,23,24);1-3,8-9,11,14H,4-7,10H2,(H,21,22,23);1-2,7-8,10,12H,3-6,9H2,(H,22,23,24)/i8D,10D2,14D;5D,6D,7D,8D,9D,14D;2D,3D,4D2,5D2,8D,9D,10D,14D;3D2,4D2,8D,9D,12D/hD4. The molecule has 4 aliphatic heterocycles. The van der Waals surface area contributed by atoms with Crippen LogP contribution in [0.4, 0.5) is 40.8 Å². The highest BCUT2D eigenvalue weighted by molar-refractivity contribution is 7.23. The van der Waals surface area contributed by atoms with Gasteiger partial charge in [-0.25, -0.2) is 57.4 Å². The first-order valence-corrected chi connectivity index (χ1v) is 36.2. The van der Waals surface area contributed by atoms with Crippen LogP contribution in [0.5, 0.6) is 0 Å². The lowest BCUT2D eigenvalue weighted by molar-refractivity contribution is 0.209. The van der Waals surface area contributed by atoms with Gasteiger partial charge in [0, 0.05) is 136 Å². The molecule has 0 aliphatic carbocycles. The molecule has 0 spiro atoms. The van der Waals surface area contributed by atoms with Gasteiger partial charge in [0.2, 0.25) is 0 Å². The van der Waals surface area contributed by atoms with Crippen molar-refractivity contribution in [1.82, 2.24) is 59.5 Å². The Morgan fingerprint density at radius 3 is 1.35 bits per heavy atom. The first kappa shape index (κ1) is 45.6. The van der Waals surface area contributed by atoms with Crippen molar-refractivity contribution >= 4 is 179 Å². The molecule has 31 heteroatoms. The van der Waals surface area contributed by atoms with Crippen molar-refractivity contribution in [2.45, 2.75) is 101 Å².